The highest BCUT2D eigenvalue weighted by Crippen LogP contribution is 2.28. The van der Waals surface area contributed by atoms with Crippen LogP contribution in [-0.4, -0.2) is 67.3 Å². The van der Waals surface area contributed by atoms with E-state index >= 15 is 0 Å². The molecule has 26 heavy (non-hydrogen) atoms. The minimum atomic E-state index is -3.14. The number of carbonyl (C=O) groups excluding carboxylic acids is 1. The lowest BCUT2D eigenvalue weighted by molar-refractivity contribution is 0.0335. The van der Waals surface area contributed by atoms with E-state index in [1.165, 1.54) is 18.1 Å². The number of rotatable bonds is 4. The summed E-state index contributed by atoms with van der Waals surface area (Å²) in [6, 6.07) is 11.4. The molecular weight excluding hydrogens is 352 g/mol. The van der Waals surface area contributed by atoms with Crippen LogP contribution >= 0.6 is 0 Å². The summed E-state index contributed by atoms with van der Waals surface area (Å²) in [5.74, 6) is 0.0265. The van der Waals surface area contributed by atoms with Crippen molar-refractivity contribution in [3.05, 3.63) is 60.1 Å². The van der Waals surface area contributed by atoms with Crippen molar-refractivity contribution in [1.82, 2.24) is 9.80 Å². The summed E-state index contributed by atoms with van der Waals surface area (Å²) < 4.78 is 29.6. The van der Waals surface area contributed by atoms with Gasteiger partial charge in [0.2, 0.25) is 0 Å². The third-order valence-electron chi connectivity index (χ3n) is 5.35. The topological polar surface area (TPSA) is 70.8 Å². The fraction of sp³-hybridized carbons (Fsp3) is 0.421. The average molecular weight is 374 g/mol. The van der Waals surface area contributed by atoms with Crippen LogP contribution in [0.1, 0.15) is 15.9 Å². The molecule has 2 fully saturated rings. The summed E-state index contributed by atoms with van der Waals surface area (Å²) in [6.07, 6.45) is 3.76. The van der Waals surface area contributed by atoms with E-state index in [1.54, 1.807) is 11.0 Å². The average Bonchev–Trinajstić information content (AvgIpc) is 3.26. The summed E-state index contributed by atoms with van der Waals surface area (Å²) in [7, 11) is -3.14. The van der Waals surface area contributed by atoms with Crippen molar-refractivity contribution >= 4 is 15.7 Å². The van der Waals surface area contributed by atoms with Gasteiger partial charge < -0.3 is 9.32 Å². The van der Waals surface area contributed by atoms with E-state index in [2.05, 4.69) is 17.0 Å². The van der Waals surface area contributed by atoms with Gasteiger partial charge in [0.1, 0.15) is 6.26 Å². The zero-order valence-corrected chi connectivity index (χ0v) is 15.3. The van der Waals surface area contributed by atoms with Crippen LogP contribution in [0.15, 0.2) is 53.3 Å². The van der Waals surface area contributed by atoms with E-state index in [4.69, 9.17) is 4.42 Å². The maximum absolute atomic E-state index is 12.8. The second-order valence-corrected chi connectivity index (χ2v) is 9.15. The highest BCUT2D eigenvalue weighted by molar-refractivity contribution is 7.91. The van der Waals surface area contributed by atoms with Crippen LogP contribution in [0, 0.1) is 0 Å². The maximum Gasteiger partial charge on any atom is 0.257 e. The Kier molecular flexibility index (Phi) is 4.58. The smallest absolute Gasteiger partial charge is 0.257 e. The number of fused-ring (bicyclic) bond motifs is 1. The molecule has 138 valence electrons. The molecule has 3 heterocycles. The lowest BCUT2D eigenvalue weighted by Gasteiger charge is -2.43. The van der Waals surface area contributed by atoms with Gasteiger partial charge in [-0.3, -0.25) is 9.69 Å². The van der Waals surface area contributed by atoms with E-state index in [0.717, 1.165) is 13.0 Å². The molecule has 6 nitrogen and oxygen atoms in total. The van der Waals surface area contributed by atoms with E-state index in [9.17, 15) is 13.2 Å². The van der Waals surface area contributed by atoms with Gasteiger partial charge in [0, 0.05) is 25.7 Å². The van der Waals surface area contributed by atoms with Crippen LogP contribution in [0.25, 0.3) is 0 Å². The van der Waals surface area contributed by atoms with E-state index in [-0.39, 0.29) is 29.5 Å². The number of hydrogen-bond acceptors (Lipinski definition) is 5. The fourth-order valence-corrected chi connectivity index (χ4v) is 6.04. The third-order valence-corrected chi connectivity index (χ3v) is 7.05. The van der Waals surface area contributed by atoms with Gasteiger partial charge >= 0.3 is 0 Å². The first kappa shape index (κ1) is 17.3. The van der Waals surface area contributed by atoms with E-state index in [1.807, 2.05) is 18.2 Å². The lowest BCUT2D eigenvalue weighted by atomic mass is 10.0. The standard InChI is InChI=1S/C19H22N2O4S/c22-19(16-7-11-25-12-16)21-10-9-20(8-6-15-4-2-1-3-5-15)17-13-26(23,24)14-18(17)21/h1-5,7,11-12,17-18H,6,8-10,13-14H2/t17-,18+/m1/s1. The van der Waals surface area contributed by atoms with Gasteiger partial charge in [0.05, 0.1) is 29.4 Å². The lowest BCUT2D eigenvalue weighted by Crippen LogP contribution is -2.60. The molecule has 1 amide bonds. The SMILES string of the molecule is O=C(c1ccoc1)N1CCN(CCc2ccccc2)[C@@H]2CS(=O)(=O)C[C@@H]21. The predicted molar refractivity (Wildman–Crippen MR) is 97.7 cm³/mol. The molecule has 0 radical (unpaired) electrons. The van der Waals surface area contributed by atoms with Gasteiger partial charge in [-0.25, -0.2) is 8.42 Å². The Hall–Kier alpha value is -2.12. The summed E-state index contributed by atoms with van der Waals surface area (Å²) in [4.78, 5) is 16.7. The minimum absolute atomic E-state index is 0.0447. The molecular formula is C19H22N2O4S. The maximum atomic E-state index is 12.8. The van der Waals surface area contributed by atoms with Gasteiger partial charge in [-0.2, -0.15) is 0 Å². The normalized spacial score (nSPS) is 25.2. The molecule has 2 atom stereocenters. The number of sulfone groups is 1. The highest BCUT2D eigenvalue weighted by Gasteiger charge is 2.47. The Labute approximate surface area is 153 Å². The number of furan rings is 1. The Balaban J connectivity index is 1.51. The van der Waals surface area contributed by atoms with Crippen LogP contribution in [-0.2, 0) is 16.3 Å². The number of amides is 1. The monoisotopic (exact) mass is 374 g/mol. The molecule has 2 aromatic rings. The zero-order chi connectivity index (χ0) is 18.1. The van der Waals surface area contributed by atoms with Crippen molar-refractivity contribution in [2.45, 2.75) is 18.5 Å². The van der Waals surface area contributed by atoms with Crippen molar-refractivity contribution in [3.63, 3.8) is 0 Å². The van der Waals surface area contributed by atoms with E-state index in [0.29, 0.717) is 18.7 Å². The Morgan fingerprint density at radius 1 is 1.08 bits per heavy atom. The highest BCUT2D eigenvalue weighted by atomic mass is 32.2. The second kappa shape index (κ2) is 6.89. The van der Waals surface area contributed by atoms with E-state index < -0.39 is 9.84 Å². The van der Waals surface area contributed by atoms with Crippen LogP contribution in [0.5, 0.6) is 0 Å². The van der Waals surface area contributed by atoms with Crippen molar-refractivity contribution < 1.29 is 17.6 Å². The number of hydrogen-bond donors (Lipinski definition) is 0. The van der Waals surface area contributed by atoms with Crippen molar-refractivity contribution in [2.24, 2.45) is 0 Å². The number of benzene rings is 1. The van der Waals surface area contributed by atoms with Crippen molar-refractivity contribution in [1.29, 1.82) is 0 Å². The van der Waals surface area contributed by atoms with Gasteiger partial charge in [-0.05, 0) is 18.1 Å². The van der Waals surface area contributed by atoms with Crippen molar-refractivity contribution in [3.8, 4) is 0 Å². The molecule has 0 aliphatic carbocycles. The molecule has 4 rings (SSSR count). The molecule has 0 bridgehead atoms. The minimum Gasteiger partial charge on any atom is -0.472 e. The first-order chi connectivity index (χ1) is 12.5. The molecule has 0 saturated carbocycles. The first-order valence-corrected chi connectivity index (χ1v) is 10.7. The van der Waals surface area contributed by atoms with Gasteiger partial charge in [0.15, 0.2) is 9.84 Å². The molecule has 0 N–H and O–H groups in total. The first-order valence-electron chi connectivity index (χ1n) is 8.85. The van der Waals surface area contributed by atoms with Gasteiger partial charge in [-0.1, -0.05) is 30.3 Å². The number of nitrogens with zero attached hydrogens (tertiary/aromatic N) is 2. The van der Waals surface area contributed by atoms with Gasteiger partial charge in [0.25, 0.3) is 5.91 Å². The summed E-state index contributed by atoms with van der Waals surface area (Å²) in [5.41, 5.74) is 1.72. The van der Waals surface area contributed by atoms with Crippen LogP contribution in [0.3, 0.4) is 0 Å². The van der Waals surface area contributed by atoms with Crippen LogP contribution in [0.2, 0.25) is 0 Å². The summed E-state index contributed by atoms with van der Waals surface area (Å²) in [5, 5.41) is 0. The quantitative estimate of drug-likeness (QED) is 0.810. The molecule has 1 aromatic heterocycles. The number of piperazine rings is 1. The molecule has 2 aliphatic heterocycles. The van der Waals surface area contributed by atoms with Crippen LogP contribution in [0.4, 0.5) is 0 Å². The van der Waals surface area contributed by atoms with Crippen molar-refractivity contribution in [2.75, 3.05) is 31.1 Å². The summed E-state index contributed by atoms with van der Waals surface area (Å²) >= 11 is 0. The largest absolute Gasteiger partial charge is 0.472 e. The molecule has 7 heteroatoms. The molecule has 2 aliphatic rings. The molecule has 0 unspecified atom stereocenters. The Morgan fingerprint density at radius 3 is 2.58 bits per heavy atom. The van der Waals surface area contributed by atoms with Gasteiger partial charge in [-0.15, -0.1) is 0 Å². The Morgan fingerprint density at radius 2 is 1.85 bits per heavy atom. The molecule has 2 saturated heterocycles. The Bertz CT molecular complexity index is 864. The third kappa shape index (κ3) is 3.41. The predicted octanol–water partition coefficient (Wildman–Crippen LogP) is 1.45. The summed E-state index contributed by atoms with van der Waals surface area (Å²) in [6.45, 7) is 2.02. The number of carbonyl (C=O) groups is 1. The molecule has 1 aromatic carbocycles. The fourth-order valence-electron chi connectivity index (χ4n) is 4.02. The molecule has 0 spiro atoms. The second-order valence-electron chi connectivity index (χ2n) is 6.99. The zero-order valence-electron chi connectivity index (χ0n) is 14.5. The van der Waals surface area contributed by atoms with Crippen LogP contribution < -0.4 is 0 Å².